The van der Waals surface area contributed by atoms with Crippen LogP contribution in [0, 0.1) is 0 Å². The molecule has 0 saturated carbocycles. The molecule has 5 nitrogen and oxygen atoms in total. The Kier molecular flexibility index (Phi) is 3.28. The normalized spacial score (nSPS) is 23.8. The summed E-state index contributed by atoms with van der Waals surface area (Å²) in [6, 6.07) is 5.96. The third-order valence-corrected chi connectivity index (χ3v) is 5.42. The van der Waals surface area contributed by atoms with Crippen molar-refractivity contribution in [2.45, 2.75) is 26.0 Å². The average Bonchev–Trinajstić information content (AvgIpc) is 2.36. The van der Waals surface area contributed by atoms with E-state index in [1.54, 1.807) is 0 Å². The van der Waals surface area contributed by atoms with Crippen molar-refractivity contribution in [3.05, 3.63) is 18.2 Å². The Labute approximate surface area is 119 Å². The SMILES string of the molecule is CC(C)Oc1cccc2c1NCC1CS(=O)(=O)CCN21. The van der Waals surface area contributed by atoms with Crippen LogP contribution in [0.2, 0.25) is 0 Å². The molecule has 6 heteroatoms. The van der Waals surface area contributed by atoms with Gasteiger partial charge in [0.25, 0.3) is 0 Å². The minimum absolute atomic E-state index is 0.0237. The van der Waals surface area contributed by atoms with Gasteiger partial charge in [0.2, 0.25) is 0 Å². The fourth-order valence-electron chi connectivity index (χ4n) is 2.88. The number of nitrogens with one attached hydrogen (secondary N) is 1. The van der Waals surface area contributed by atoms with Gasteiger partial charge in [-0.2, -0.15) is 0 Å². The fourth-order valence-corrected chi connectivity index (χ4v) is 4.41. The third-order valence-electron chi connectivity index (χ3n) is 3.72. The van der Waals surface area contributed by atoms with E-state index in [0.717, 1.165) is 17.1 Å². The lowest BCUT2D eigenvalue weighted by atomic mass is 10.1. The number of ether oxygens (including phenoxy) is 1. The number of fused-ring (bicyclic) bond motifs is 3. The first-order valence-corrected chi connectivity index (χ1v) is 8.79. The van der Waals surface area contributed by atoms with Crippen molar-refractivity contribution in [2.75, 3.05) is 34.8 Å². The monoisotopic (exact) mass is 296 g/mol. The van der Waals surface area contributed by atoms with Crippen molar-refractivity contribution in [1.29, 1.82) is 0 Å². The summed E-state index contributed by atoms with van der Waals surface area (Å²) in [5.41, 5.74) is 2.03. The van der Waals surface area contributed by atoms with Gasteiger partial charge in [-0.15, -0.1) is 0 Å². The van der Waals surface area contributed by atoms with Crippen molar-refractivity contribution in [3.8, 4) is 5.75 Å². The Morgan fingerprint density at radius 1 is 1.40 bits per heavy atom. The maximum atomic E-state index is 11.8. The molecule has 0 radical (unpaired) electrons. The molecule has 110 valence electrons. The number of sulfone groups is 1. The molecule has 20 heavy (non-hydrogen) atoms. The molecule has 0 aliphatic carbocycles. The average molecular weight is 296 g/mol. The van der Waals surface area contributed by atoms with Gasteiger partial charge in [-0.25, -0.2) is 8.42 Å². The van der Waals surface area contributed by atoms with E-state index in [4.69, 9.17) is 4.74 Å². The van der Waals surface area contributed by atoms with E-state index < -0.39 is 9.84 Å². The summed E-state index contributed by atoms with van der Waals surface area (Å²) >= 11 is 0. The van der Waals surface area contributed by atoms with Crippen LogP contribution in [0.25, 0.3) is 0 Å². The standard InChI is InChI=1S/C14H20N2O3S/c1-10(2)19-13-5-3-4-12-14(13)15-8-11-9-20(17,18)7-6-16(11)12/h3-5,10-11,15H,6-9H2,1-2H3. The first-order valence-electron chi connectivity index (χ1n) is 6.97. The highest BCUT2D eigenvalue weighted by Crippen LogP contribution is 2.40. The van der Waals surface area contributed by atoms with Crippen molar-refractivity contribution in [3.63, 3.8) is 0 Å². The van der Waals surface area contributed by atoms with Gasteiger partial charge in [0.05, 0.1) is 29.3 Å². The molecule has 2 heterocycles. The summed E-state index contributed by atoms with van der Waals surface area (Å²) in [6.45, 7) is 5.20. The van der Waals surface area contributed by atoms with Gasteiger partial charge >= 0.3 is 0 Å². The minimum Gasteiger partial charge on any atom is -0.489 e. The predicted molar refractivity (Wildman–Crippen MR) is 80.5 cm³/mol. The lowest BCUT2D eigenvalue weighted by Gasteiger charge is -2.42. The number of hydrogen-bond donors (Lipinski definition) is 1. The predicted octanol–water partition coefficient (Wildman–Crippen LogP) is 1.50. The molecule has 0 bridgehead atoms. The fraction of sp³-hybridized carbons (Fsp3) is 0.571. The van der Waals surface area contributed by atoms with E-state index in [9.17, 15) is 8.42 Å². The molecule has 1 aromatic rings. The maximum absolute atomic E-state index is 11.8. The van der Waals surface area contributed by atoms with Crippen molar-refractivity contribution in [1.82, 2.24) is 0 Å². The lowest BCUT2D eigenvalue weighted by molar-refractivity contribution is 0.243. The van der Waals surface area contributed by atoms with Crippen molar-refractivity contribution < 1.29 is 13.2 Å². The zero-order chi connectivity index (χ0) is 14.3. The number of benzene rings is 1. The van der Waals surface area contributed by atoms with Crippen LogP contribution in [-0.4, -0.2) is 45.2 Å². The summed E-state index contributed by atoms with van der Waals surface area (Å²) in [6.07, 6.45) is 0.114. The zero-order valence-corrected chi connectivity index (χ0v) is 12.6. The molecule has 0 spiro atoms. The molecule has 3 rings (SSSR count). The second-order valence-electron chi connectivity index (χ2n) is 5.66. The Hall–Kier alpha value is -1.43. The number of para-hydroxylation sites is 1. The summed E-state index contributed by atoms with van der Waals surface area (Å²) < 4.78 is 29.3. The lowest BCUT2D eigenvalue weighted by Crippen LogP contribution is -2.54. The number of rotatable bonds is 2. The molecule has 1 saturated heterocycles. The van der Waals surface area contributed by atoms with Crippen LogP contribution in [0.3, 0.4) is 0 Å². The molecular weight excluding hydrogens is 276 g/mol. The molecule has 1 aromatic carbocycles. The summed E-state index contributed by atoms with van der Waals surface area (Å²) in [5, 5.41) is 3.34. The number of nitrogens with zero attached hydrogens (tertiary/aromatic N) is 1. The van der Waals surface area contributed by atoms with Gasteiger partial charge in [0, 0.05) is 13.1 Å². The van der Waals surface area contributed by atoms with E-state index in [1.165, 1.54) is 0 Å². The van der Waals surface area contributed by atoms with E-state index in [0.29, 0.717) is 13.1 Å². The molecule has 0 aromatic heterocycles. The number of anilines is 2. The molecule has 0 amide bonds. The van der Waals surface area contributed by atoms with E-state index in [2.05, 4.69) is 10.2 Å². The second-order valence-corrected chi connectivity index (χ2v) is 7.89. The van der Waals surface area contributed by atoms with Crippen LogP contribution in [0.1, 0.15) is 13.8 Å². The first kappa shape index (κ1) is 13.5. The van der Waals surface area contributed by atoms with E-state index >= 15 is 0 Å². The summed E-state index contributed by atoms with van der Waals surface area (Å²) in [4.78, 5) is 2.19. The van der Waals surface area contributed by atoms with Crippen LogP contribution in [-0.2, 0) is 9.84 Å². The molecule has 1 N–H and O–H groups in total. The molecule has 1 unspecified atom stereocenters. The minimum atomic E-state index is -2.90. The quantitative estimate of drug-likeness (QED) is 0.896. The topological polar surface area (TPSA) is 58.6 Å². The largest absolute Gasteiger partial charge is 0.489 e. The van der Waals surface area contributed by atoms with Crippen molar-refractivity contribution in [2.24, 2.45) is 0 Å². The third kappa shape index (κ3) is 2.44. The van der Waals surface area contributed by atoms with Crippen molar-refractivity contribution >= 4 is 21.2 Å². The molecule has 2 aliphatic rings. The highest BCUT2D eigenvalue weighted by molar-refractivity contribution is 7.91. The smallest absolute Gasteiger partial charge is 0.154 e. The van der Waals surface area contributed by atoms with Gasteiger partial charge < -0.3 is 15.0 Å². The highest BCUT2D eigenvalue weighted by atomic mass is 32.2. The molecule has 1 fully saturated rings. The maximum Gasteiger partial charge on any atom is 0.154 e. The number of hydrogen-bond acceptors (Lipinski definition) is 5. The van der Waals surface area contributed by atoms with Gasteiger partial charge in [-0.3, -0.25) is 0 Å². The van der Waals surface area contributed by atoms with Gasteiger partial charge in [0.1, 0.15) is 11.4 Å². The zero-order valence-electron chi connectivity index (χ0n) is 11.8. The summed E-state index contributed by atoms with van der Waals surface area (Å²) in [5.74, 6) is 1.30. The van der Waals surface area contributed by atoms with Crippen LogP contribution in [0.4, 0.5) is 11.4 Å². The van der Waals surface area contributed by atoms with E-state index in [1.807, 2.05) is 32.0 Å². The Balaban J connectivity index is 1.94. The van der Waals surface area contributed by atoms with Gasteiger partial charge in [0.15, 0.2) is 9.84 Å². The van der Waals surface area contributed by atoms with Gasteiger partial charge in [-0.1, -0.05) is 6.07 Å². The molecule has 1 atom stereocenters. The summed E-state index contributed by atoms with van der Waals surface area (Å²) in [7, 11) is -2.90. The van der Waals surface area contributed by atoms with Crippen LogP contribution < -0.4 is 15.0 Å². The first-order chi connectivity index (χ1) is 9.46. The van der Waals surface area contributed by atoms with E-state index in [-0.39, 0.29) is 23.7 Å². The van der Waals surface area contributed by atoms with Gasteiger partial charge in [-0.05, 0) is 26.0 Å². The van der Waals surface area contributed by atoms with Crippen LogP contribution >= 0.6 is 0 Å². The molecule has 2 aliphatic heterocycles. The van der Waals surface area contributed by atoms with Crippen LogP contribution in [0.5, 0.6) is 5.75 Å². The second kappa shape index (κ2) is 4.84. The Morgan fingerprint density at radius 2 is 2.20 bits per heavy atom. The Morgan fingerprint density at radius 3 is 2.95 bits per heavy atom. The molecular formula is C14H20N2O3S. The highest BCUT2D eigenvalue weighted by Gasteiger charge is 2.35. The van der Waals surface area contributed by atoms with Crippen LogP contribution in [0.15, 0.2) is 18.2 Å². The Bertz CT molecular complexity index is 613.